The normalized spacial score (nSPS) is 10.9. The summed E-state index contributed by atoms with van der Waals surface area (Å²) >= 11 is 0. The lowest BCUT2D eigenvalue weighted by molar-refractivity contribution is 0.593. The summed E-state index contributed by atoms with van der Waals surface area (Å²) in [5.74, 6) is -0.149. The monoisotopic (exact) mass is 301 g/mol. The predicted octanol–water partition coefficient (Wildman–Crippen LogP) is 2.11. The second kappa shape index (κ2) is 5.85. The molecule has 2 aromatic rings. The second-order valence-electron chi connectivity index (χ2n) is 4.59. The summed E-state index contributed by atoms with van der Waals surface area (Å²) in [6.07, 6.45) is 0. The molecule has 0 aromatic heterocycles. The summed E-state index contributed by atoms with van der Waals surface area (Å²) in [6, 6.07) is 15.3. The van der Waals surface area contributed by atoms with Gasteiger partial charge in [0, 0.05) is 7.05 Å². The molecule has 0 saturated carbocycles. The van der Waals surface area contributed by atoms with Crippen LogP contribution in [0.4, 0.5) is 11.4 Å². The highest BCUT2D eigenvalue weighted by atomic mass is 32.2. The molecule has 0 heterocycles. The van der Waals surface area contributed by atoms with Crippen LogP contribution < -0.4 is 10.0 Å². The van der Waals surface area contributed by atoms with Gasteiger partial charge >= 0.3 is 0 Å². The fourth-order valence-corrected chi connectivity index (χ4v) is 3.18. The molecule has 0 unspecified atom stereocenters. The molecular weight excluding hydrogens is 286 g/mol. The Hall–Kier alpha value is -2.52. The number of nitriles is 1. The van der Waals surface area contributed by atoms with Crippen molar-refractivity contribution in [2.45, 2.75) is 5.75 Å². The molecule has 0 aliphatic heterocycles. The Balaban J connectivity index is 2.25. The zero-order chi connectivity index (χ0) is 15.5. The lowest BCUT2D eigenvalue weighted by atomic mass is 10.2. The number of hydrogen-bond donors (Lipinski definition) is 1. The van der Waals surface area contributed by atoms with Crippen molar-refractivity contribution in [1.29, 1.82) is 5.26 Å². The van der Waals surface area contributed by atoms with Crippen molar-refractivity contribution >= 4 is 21.4 Å². The van der Waals surface area contributed by atoms with Crippen molar-refractivity contribution in [3.8, 4) is 6.07 Å². The largest absolute Gasteiger partial charge is 0.397 e. The molecule has 0 amide bonds. The number of nitrogens with two attached hydrogens (primary N) is 1. The van der Waals surface area contributed by atoms with E-state index < -0.39 is 10.0 Å². The molecule has 2 N–H and O–H groups in total. The van der Waals surface area contributed by atoms with Crippen molar-refractivity contribution in [3.63, 3.8) is 0 Å². The Bertz CT molecular complexity index is 777. The summed E-state index contributed by atoms with van der Waals surface area (Å²) in [5, 5.41) is 8.74. The summed E-state index contributed by atoms with van der Waals surface area (Å²) in [7, 11) is -2.06. The van der Waals surface area contributed by atoms with Gasteiger partial charge < -0.3 is 5.73 Å². The molecule has 0 atom stereocenters. The minimum atomic E-state index is -3.54. The number of hydrogen-bond acceptors (Lipinski definition) is 4. The zero-order valence-electron chi connectivity index (χ0n) is 11.5. The van der Waals surface area contributed by atoms with E-state index in [1.54, 1.807) is 48.5 Å². The summed E-state index contributed by atoms with van der Waals surface area (Å²) in [4.78, 5) is 0. The minimum absolute atomic E-state index is 0.149. The van der Waals surface area contributed by atoms with Gasteiger partial charge in [-0.1, -0.05) is 24.3 Å². The number of para-hydroxylation sites is 2. The van der Waals surface area contributed by atoms with Crippen molar-refractivity contribution in [2.75, 3.05) is 17.1 Å². The van der Waals surface area contributed by atoms with Crippen LogP contribution in [-0.4, -0.2) is 15.5 Å². The van der Waals surface area contributed by atoms with Gasteiger partial charge in [0.05, 0.1) is 28.8 Å². The van der Waals surface area contributed by atoms with Crippen LogP contribution in [0, 0.1) is 11.3 Å². The minimum Gasteiger partial charge on any atom is -0.397 e. The lowest BCUT2D eigenvalue weighted by Gasteiger charge is -2.21. The van der Waals surface area contributed by atoms with E-state index in [4.69, 9.17) is 11.0 Å². The Morgan fingerprint density at radius 1 is 1.14 bits per heavy atom. The second-order valence-corrected chi connectivity index (χ2v) is 6.59. The van der Waals surface area contributed by atoms with Crippen molar-refractivity contribution < 1.29 is 8.42 Å². The zero-order valence-corrected chi connectivity index (χ0v) is 12.3. The van der Waals surface area contributed by atoms with Gasteiger partial charge in [0.25, 0.3) is 0 Å². The molecule has 2 aromatic carbocycles. The van der Waals surface area contributed by atoms with Crippen molar-refractivity contribution in [1.82, 2.24) is 0 Å². The van der Waals surface area contributed by atoms with Crippen LogP contribution in [-0.2, 0) is 15.8 Å². The first-order valence-corrected chi connectivity index (χ1v) is 7.85. The first kappa shape index (κ1) is 14.9. The third kappa shape index (κ3) is 3.33. The molecule has 0 spiro atoms. The van der Waals surface area contributed by atoms with Crippen LogP contribution >= 0.6 is 0 Å². The van der Waals surface area contributed by atoms with E-state index in [9.17, 15) is 8.42 Å². The van der Waals surface area contributed by atoms with E-state index in [0.717, 1.165) is 0 Å². The topological polar surface area (TPSA) is 87.2 Å². The molecule has 108 valence electrons. The third-order valence-electron chi connectivity index (χ3n) is 3.13. The van der Waals surface area contributed by atoms with Crippen molar-refractivity contribution in [2.24, 2.45) is 0 Å². The summed E-state index contributed by atoms with van der Waals surface area (Å²) in [6.45, 7) is 0. The van der Waals surface area contributed by atoms with Gasteiger partial charge in [-0.25, -0.2) is 8.42 Å². The maximum absolute atomic E-state index is 12.4. The highest BCUT2D eigenvalue weighted by Crippen LogP contribution is 2.25. The van der Waals surface area contributed by atoms with Crippen LogP contribution in [0.3, 0.4) is 0 Å². The Morgan fingerprint density at radius 2 is 1.76 bits per heavy atom. The van der Waals surface area contributed by atoms with Crippen LogP contribution in [0.25, 0.3) is 0 Å². The van der Waals surface area contributed by atoms with Crippen LogP contribution in [0.15, 0.2) is 48.5 Å². The Kier molecular flexibility index (Phi) is 4.15. The average Bonchev–Trinajstić information content (AvgIpc) is 2.47. The molecule has 5 nitrogen and oxygen atoms in total. The van der Waals surface area contributed by atoms with Crippen LogP contribution in [0.1, 0.15) is 11.1 Å². The van der Waals surface area contributed by atoms with Gasteiger partial charge in [0.2, 0.25) is 10.0 Å². The van der Waals surface area contributed by atoms with E-state index in [0.29, 0.717) is 22.5 Å². The van der Waals surface area contributed by atoms with Gasteiger partial charge in [0.1, 0.15) is 0 Å². The van der Waals surface area contributed by atoms with Gasteiger partial charge in [-0.2, -0.15) is 5.26 Å². The molecule has 2 rings (SSSR count). The van der Waals surface area contributed by atoms with Gasteiger partial charge in [-0.3, -0.25) is 4.31 Å². The number of nitrogen functional groups attached to an aromatic ring is 1. The van der Waals surface area contributed by atoms with E-state index >= 15 is 0 Å². The quantitative estimate of drug-likeness (QED) is 0.876. The standard InChI is InChI=1S/C15H15N3O2S/c1-18(15-5-3-2-4-14(15)17)21(19,20)11-13-8-6-12(10-16)7-9-13/h2-9H,11,17H2,1H3. The molecule has 21 heavy (non-hydrogen) atoms. The maximum atomic E-state index is 12.4. The summed E-state index contributed by atoms with van der Waals surface area (Å²) < 4.78 is 26.0. The smallest absolute Gasteiger partial charge is 0.239 e. The highest BCUT2D eigenvalue weighted by molar-refractivity contribution is 7.92. The molecule has 0 saturated heterocycles. The maximum Gasteiger partial charge on any atom is 0.239 e. The molecular formula is C15H15N3O2S. The predicted molar refractivity (Wildman–Crippen MR) is 83.0 cm³/mol. The molecule has 0 aliphatic rings. The molecule has 0 bridgehead atoms. The Labute approximate surface area is 124 Å². The average molecular weight is 301 g/mol. The van der Waals surface area contributed by atoms with E-state index in [-0.39, 0.29) is 5.75 Å². The van der Waals surface area contributed by atoms with Gasteiger partial charge in [-0.05, 0) is 29.8 Å². The van der Waals surface area contributed by atoms with Crippen LogP contribution in [0.5, 0.6) is 0 Å². The molecule has 6 heteroatoms. The molecule has 0 aliphatic carbocycles. The highest BCUT2D eigenvalue weighted by Gasteiger charge is 2.20. The van der Waals surface area contributed by atoms with Crippen molar-refractivity contribution in [3.05, 3.63) is 59.7 Å². The number of nitrogens with zero attached hydrogens (tertiary/aromatic N) is 2. The molecule has 0 radical (unpaired) electrons. The number of anilines is 2. The van der Waals surface area contributed by atoms with E-state index in [1.807, 2.05) is 6.07 Å². The lowest BCUT2D eigenvalue weighted by Crippen LogP contribution is -2.28. The number of sulfonamides is 1. The Morgan fingerprint density at radius 3 is 2.33 bits per heavy atom. The van der Waals surface area contributed by atoms with Crippen LogP contribution in [0.2, 0.25) is 0 Å². The molecule has 0 fully saturated rings. The first-order valence-electron chi connectivity index (χ1n) is 6.24. The fraction of sp³-hybridized carbons (Fsp3) is 0.133. The summed E-state index contributed by atoms with van der Waals surface area (Å²) in [5.41, 5.74) is 7.78. The number of rotatable bonds is 4. The van der Waals surface area contributed by atoms with Gasteiger partial charge in [-0.15, -0.1) is 0 Å². The third-order valence-corrected chi connectivity index (χ3v) is 4.85. The number of benzene rings is 2. The van der Waals surface area contributed by atoms with Gasteiger partial charge in [0.15, 0.2) is 0 Å². The SMILES string of the molecule is CN(c1ccccc1N)S(=O)(=O)Cc1ccc(C#N)cc1. The first-order chi connectivity index (χ1) is 9.94. The van der Waals surface area contributed by atoms with E-state index in [2.05, 4.69) is 0 Å². The van der Waals surface area contributed by atoms with E-state index in [1.165, 1.54) is 11.4 Å². The fourth-order valence-electron chi connectivity index (χ4n) is 1.91.